The molecule has 0 aliphatic carbocycles. The van der Waals surface area contributed by atoms with Gasteiger partial charge in [-0.1, -0.05) is 0 Å². The molecule has 0 fully saturated rings. The molecule has 0 radical (unpaired) electrons. The summed E-state index contributed by atoms with van der Waals surface area (Å²) in [5, 5.41) is 2.11. The number of hydrogen-bond donors (Lipinski definition) is 1. The summed E-state index contributed by atoms with van der Waals surface area (Å²) in [4.78, 5) is 15.5. The maximum atomic E-state index is 11.2. The first-order valence-electron chi connectivity index (χ1n) is 4.42. The van der Waals surface area contributed by atoms with Crippen molar-refractivity contribution in [2.24, 2.45) is 0 Å². The summed E-state index contributed by atoms with van der Waals surface area (Å²) in [6.07, 6.45) is 1.69. The van der Waals surface area contributed by atoms with Crippen molar-refractivity contribution in [3.8, 4) is 11.3 Å². The fourth-order valence-electron chi connectivity index (χ4n) is 1.56. The molecular formula is C11H11NOS. The van der Waals surface area contributed by atoms with E-state index in [0.29, 0.717) is 0 Å². The lowest BCUT2D eigenvalue weighted by atomic mass is 10.1. The van der Waals surface area contributed by atoms with Crippen LogP contribution in [-0.2, 0) is 0 Å². The van der Waals surface area contributed by atoms with Crippen molar-refractivity contribution in [1.29, 1.82) is 0 Å². The van der Waals surface area contributed by atoms with E-state index in [9.17, 15) is 4.79 Å². The van der Waals surface area contributed by atoms with Crippen molar-refractivity contribution < 1.29 is 0 Å². The van der Waals surface area contributed by atoms with Crippen LogP contribution in [0.2, 0.25) is 0 Å². The van der Waals surface area contributed by atoms with Crippen LogP contribution < -0.4 is 5.43 Å². The number of pyridine rings is 1. The van der Waals surface area contributed by atoms with E-state index < -0.39 is 0 Å². The number of rotatable bonds is 1. The third-order valence-electron chi connectivity index (χ3n) is 2.20. The van der Waals surface area contributed by atoms with Crippen molar-refractivity contribution in [3.05, 3.63) is 44.4 Å². The van der Waals surface area contributed by atoms with E-state index in [-0.39, 0.29) is 5.43 Å². The van der Waals surface area contributed by atoms with Crippen LogP contribution in [0.15, 0.2) is 28.5 Å². The highest BCUT2D eigenvalue weighted by Crippen LogP contribution is 2.29. The number of thiophene rings is 1. The minimum Gasteiger partial charge on any atom is -0.361 e. The van der Waals surface area contributed by atoms with Crippen LogP contribution in [0.4, 0.5) is 0 Å². The molecule has 0 aromatic carbocycles. The van der Waals surface area contributed by atoms with Gasteiger partial charge in [-0.3, -0.25) is 4.79 Å². The van der Waals surface area contributed by atoms with E-state index in [2.05, 4.69) is 24.2 Å². The van der Waals surface area contributed by atoms with E-state index in [4.69, 9.17) is 0 Å². The van der Waals surface area contributed by atoms with Gasteiger partial charge < -0.3 is 4.98 Å². The number of H-pyrrole nitrogens is 1. The molecule has 2 nitrogen and oxygen atoms in total. The first kappa shape index (κ1) is 9.21. The zero-order valence-electron chi connectivity index (χ0n) is 8.13. The largest absolute Gasteiger partial charge is 0.361 e. The van der Waals surface area contributed by atoms with Crippen LogP contribution in [0.25, 0.3) is 11.3 Å². The van der Waals surface area contributed by atoms with Gasteiger partial charge >= 0.3 is 0 Å². The molecule has 0 bridgehead atoms. The molecule has 0 amide bonds. The van der Waals surface area contributed by atoms with Crippen LogP contribution in [0.1, 0.15) is 10.4 Å². The second kappa shape index (κ2) is 3.42. The Kier molecular flexibility index (Phi) is 2.25. The van der Waals surface area contributed by atoms with Crippen molar-refractivity contribution >= 4 is 11.3 Å². The van der Waals surface area contributed by atoms with E-state index in [0.717, 1.165) is 11.3 Å². The van der Waals surface area contributed by atoms with Crippen LogP contribution in [0.5, 0.6) is 0 Å². The molecule has 0 saturated heterocycles. The summed E-state index contributed by atoms with van der Waals surface area (Å²) in [6.45, 7) is 4.13. The molecule has 0 atom stereocenters. The van der Waals surface area contributed by atoms with Crippen molar-refractivity contribution in [2.75, 3.05) is 0 Å². The smallest absolute Gasteiger partial charge is 0.182 e. The SMILES string of the molecule is Cc1csc(C)c1-c1cc(=O)cc[nH]1. The Labute approximate surface area is 86.2 Å². The third-order valence-corrected chi connectivity index (χ3v) is 3.23. The van der Waals surface area contributed by atoms with E-state index in [1.807, 2.05) is 0 Å². The number of aryl methyl sites for hydroxylation is 2. The minimum absolute atomic E-state index is 0.0451. The summed E-state index contributed by atoms with van der Waals surface area (Å²) < 4.78 is 0. The topological polar surface area (TPSA) is 32.9 Å². The first-order chi connectivity index (χ1) is 6.68. The van der Waals surface area contributed by atoms with Crippen LogP contribution in [0.3, 0.4) is 0 Å². The van der Waals surface area contributed by atoms with Gasteiger partial charge in [0.2, 0.25) is 0 Å². The summed E-state index contributed by atoms with van der Waals surface area (Å²) in [7, 11) is 0. The van der Waals surface area contributed by atoms with Crippen molar-refractivity contribution in [1.82, 2.24) is 4.98 Å². The van der Waals surface area contributed by atoms with Gasteiger partial charge in [0.05, 0.1) is 5.69 Å². The predicted octanol–water partition coefficient (Wildman–Crippen LogP) is 2.72. The molecule has 2 aromatic heterocycles. The van der Waals surface area contributed by atoms with Gasteiger partial charge in [-0.15, -0.1) is 11.3 Å². The molecular weight excluding hydrogens is 194 g/mol. The van der Waals surface area contributed by atoms with Gasteiger partial charge in [-0.05, 0) is 24.8 Å². The molecule has 0 saturated carbocycles. The van der Waals surface area contributed by atoms with E-state index in [1.54, 1.807) is 23.6 Å². The lowest BCUT2D eigenvalue weighted by molar-refractivity contribution is 1.29. The zero-order valence-corrected chi connectivity index (χ0v) is 8.94. The zero-order chi connectivity index (χ0) is 10.1. The van der Waals surface area contributed by atoms with Crippen LogP contribution >= 0.6 is 11.3 Å². The Morgan fingerprint density at radius 2 is 2.14 bits per heavy atom. The number of nitrogens with one attached hydrogen (secondary N) is 1. The fraction of sp³-hybridized carbons (Fsp3) is 0.182. The first-order valence-corrected chi connectivity index (χ1v) is 5.30. The van der Waals surface area contributed by atoms with Gasteiger partial charge in [0.25, 0.3) is 0 Å². The Morgan fingerprint density at radius 1 is 1.36 bits per heavy atom. The monoisotopic (exact) mass is 205 g/mol. The van der Waals surface area contributed by atoms with Gasteiger partial charge in [0.1, 0.15) is 0 Å². The lowest BCUT2D eigenvalue weighted by Crippen LogP contribution is -1.98. The van der Waals surface area contributed by atoms with Crippen molar-refractivity contribution in [3.63, 3.8) is 0 Å². The number of aromatic nitrogens is 1. The highest BCUT2D eigenvalue weighted by atomic mass is 32.1. The van der Waals surface area contributed by atoms with Gasteiger partial charge in [0.15, 0.2) is 5.43 Å². The predicted molar refractivity (Wildman–Crippen MR) is 59.8 cm³/mol. The summed E-state index contributed by atoms with van der Waals surface area (Å²) in [5.74, 6) is 0. The summed E-state index contributed by atoms with van der Waals surface area (Å²) in [6, 6.07) is 3.17. The molecule has 14 heavy (non-hydrogen) atoms. The van der Waals surface area contributed by atoms with Crippen LogP contribution in [-0.4, -0.2) is 4.98 Å². The average Bonchev–Trinajstić information content (AvgIpc) is 2.46. The molecule has 0 aliphatic rings. The molecule has 2 aromatic rings. The van der Waals surface area contributed by atoms with Gasteiger partial charge in [0, 0.05) is 28.8 Å². The average molecular weight is 205 g/mol. The summed E-state index contributed by atoms with van der Waals surface area (Å²) in [5.41, 5.74) is 3.33. The summed E-state index contributed by atoms with van der Waals surface area (Å²) >= 11 is 1.71. The minimum atomic E-state index is 0.0451. The maximum Gasteiger partial charge on any atom is 0.182 e. The molecule has 1 N–H and O–H groups in total. The molecule has 0 unspecified atom stereocenters. The van der Waals surface area contributed by atoms with Crippen LogP contribution in [0, 0.1) is 13.8 Å². The van der Waals surface area contributed by atoms with E-state index >= 15 is 0 Å². The molecule has 3 heteroatoms. The third kappa shape index (κ3) is 1.51. The Hall–Kier alpha value is -1.35. The molecule has 0 spiro atoms. The lowest BCUT2D eigenvalue weighted by Gasteiger charge is -2.01. The molecule has 2 heterocycles. The highest BCUT2D eigenvalue weighted by molar-refractivity contribution is 7.10. The fourth-order valence-corrected chi connectivity index (χ4v) is 2.42. The maximum absolute atomic E-state index is 11.2. The Balaban J connectivity index is 2.65. The normalized spacial score (nSPS) is 10.4. The van der Waals surface area contributed by atoms with Crippen molar-refractivity contribution in [2.45, 2.75) is 13.8 Å². The Morgan fingerprint density at radius 3 is 2.71 bits per heavy atom. The standard InChI is InChI=1S/C11H11NOS/c1-7-6-14-8(2)11(7)10-5-9(13)3-4-12-10/h3-6H,1-2H3,(H,12,13). The van der Waals surface area contributed by atoms with Gasteiger partial charge in [-0.25, -0.2) is 0 Å². The number of aromatic amines is 1. The molecule has 2 rings (SSSR count). The number of hydrogen-bond acceptors (Lipinski definition) is 2. The molecule has 0 aliphatic heterocycles. The second-order valence-electron chi connectivity index (χ2n) is 3.29. The van der Waals surface area contributed by atoms with Gasteiger partial charge in [-0.2, -0.15) is 0 Å². The second-order valence-corrected chi connectivity index (χ2v) is 4.37. The Bertz CT molecular complexity index is 491. The van der Waals surface area contributed by atoms with E-state index in [1.165, 1.54) is 16.5 Å². The molecule has 72 valence electrons. The highest BCUT2D eigenvalue weighted by Gasteiger charge is 2.07. The quantitative estimate of drug-likeness (QED) is 0.763.